The number of guanidine groups is 1. The summed E-state index contributed by atoms with van der Waals surface area (Å²) in [5, 5.41) is 15.9. The van der Waals surface area contributed by atoms with Crippen molar-refractivity contribution in [3.63, 3.8) is 0 Å². The number of nitrogens with one attached hydrogen (secondary N) is 2. The molecule has 1 atom stereocenters. The van der Waals surface area contributed by atoms with Crippen molar-refractivity contribution in [1.29, 1.82) is 0 Å². The number of methoxy groups -OCH3 is 1. The van der Waals surface area contributed by atoms with Gasteiger partial charge in [-0.3, -0.25) is 9.67 Å². The molecule has 9 heteroatoms. The molecule has 9 nitrogen and oxygen atoms in total. The van der Waals surface area contributed by atoms with Gasteiger partial charge in [0.15, 0.2) is 11.8 Å². The second kappa shape index (κ2) is 9.68. The predicted molar refractivity (Wildman–Crippen MR) is 108 cm³/mol. The average molecular weight is 389 g/mol. The van der Waals surface area contributed by atoms with E-state index in [1.165, 1.54) is 5.69 Å². The minimum atomic E-state index is 0.290. The Bertz CT molecular complexity index is 794. The standard InChI is InChI=1S/C19H32N8O/c1-5-20-19(21-9-6-10-26-15(3)11-14(2)24-26)22-16-7-8-18-23-17(13-28-4)25-27(18)12-16/h11,16H,5-10,12-13H2,1-4H3,(H2,20,21,22). The fourth-order valence-corrected chi connectivity index (χ4v) is 3.49. The zero-order valence-corrected chi connectivity index (χ0v) is 17.4. The molecule has 28 heavy (non-hydrogen) atoms. The molecule has 3 heterocycles. The van der Waals surface area contributed by atoms with Crippen molar-refractivity contribution in [2.24, 2.45) is 4.99 Å². The van der Waals surface area contributed by atoms with Gasteiger partial charge < -0.3 is 15.4 Å². The van der Waals surface area contributed by atoms with Crippen LogP contribution in [0.4, 0.5) is 0 Å². The summed E-state index contributed by atoms with van der Waals surface area (Å²) >= 11 is 0. The quantitative estimate of drug-likeness (QED) is 0.401. The minimum Gasteiger partial charge on any atom is -0.377 e. The monoisotopic (exact) mass is 388 g/mol. The summed E-state index contributed by atoms with van der Waals surface area (Å²) in [5.74, 6) is 2.65. The van der Waals surface area contributed by atoms with E-state index in [1.807, 2.05) is 11.6 Å². The lowest BCUT2D eigenvalue weighted by molar-refractivity contribution is 0.177. The van der Waals surface area contributed by atoms with E-state index in [0.29, 0.717) is 12.6 Å². The smallest absolute Gasteiger partial charge is 0.191 e. The Balaban J connectivity index is 1.52. The first kappa shape index (κ1) is 20.3. The van der Waals surface area contributed by atoms with Gasteiger partial charge in [-0.05, 0) is 39.7 Å². The number of ether oxygens (including phenoxy) is 1. The molecular formula is C19H32N8O. The molecule has 0 spiro atoms. The maximum Gasteiger partial charge on any atom is 0.191 e. The molecule has 0 bridgehead atoms. The number of rotatable bonds is 8. The second-order valence-electron chi connectivity index (χ2n) is 7.20. The van der Waals surface area contributed by atoms with Crippen molar-refractivity contribution in [2.75, 3.05) is 20.2 Å². The fourth-order valence-electron chi connectivity index (χ4n) is 3.49. The SMILES string of the molecule is CCNC(=NCCCn1nc(C)cc1C)NC1CCc2nc(COC)nn2C1. The minimum absolute atomic E-state index is 0.290. The van der Waals surface area contributed by atoms with Crippen LogP contribution in [0, 0.1) is 13.8 Å². The van der Waals surface area contributed by atoms with Crippen molar-refractivity contribution in [2.45, 2.75) is 65.8 Å². The molecule has 1 aliphatic rings. The Morgan fingerprint density at radius 2 is 2.21 bits per heavy atom. The second-order valence-corrected chi connectivity index (χ2v) is 7.20. The first-order valence-corrected chi connectivity index (χ1v) is 10.1. The van der Waals surface area contributed by atoms with E-state index in [9.17, 15) is 0 Å². The van der Waals surface area contributed by atoms with E-state index < -0.39 is 0 Å². The summed E-state index contributed by atoms with van der Waals surface area (Å²) in [7, 11) is 1.67. The molecule has 2 aromatic rings. The largest absolute Gasteiger partial charge is 0.377 e. The first-order chi connectivity index (χ1) is 13.6. The Kier molecular flexibility index (Phi) is 7.02. The van der Waals surface area contributed by atoms with E-state index in [-0.39, 0.29) is 0 Å². The van der Waals surface area contributed by atoms with Gasteiger partial charge >= 0.3 is 0 Å². The highest BCUT2D eigenvalue weighted by molar-refractivity contribution is 5.80. The van der Waals surface area contributed by atoms with E-state index in [2.05, 4.69) is 50.4 Å². The van der Waals surface area contributed by atoms with Crippen LogP contribution in [0.25, 0.3) is 0 Å². The number of aliphatic imine (C=N–C) groups is 1. The molecule has 0 amide bonds. The van der Waals surface area contributed by atoms with Crippen LogP contribution in [-0.2, 0) is 30.9 Å². The lowest BCUT2D eigenvalue weighted by atomic mass is 10.1. The summed E-state index contributed by atoms with van der Waals surface area (Å²) in [5.41, 5.74) is 2.26. The molecule has 0 fully saturated rings. The van der Waals surface area contributed by atoms with Gasteiger partial charge in [0.2, 0.25) is 0 Å². The first-order valence-electron chi connectivity index (χ1n) is 10.1. The number of aromatic nitrogens is 5. The zero-order chi connectivity index (χ0) is 19.9. The summed E-state index contributed by atoms with van der Waals surface area (Å²) in [4.78, 5) is 9.27. The van der Waals surface area contributed by atoms with Gasteiger partial charge in [0, 0.05) is 44.9 Å². The van der Waals surface area contributed by atoms with Crippen LogP contribution < -0.4 is 10.6 Å². The topological polar surface area (TPSA) is 94.2 Å². The Morgan fingerprint density at radius 1 is 1.36 bits per heavy atom. The molecule has 2 aromatic heterocycles. The van der Waals surface area contributed by atoms with Crippen LogP contribution in [0.1, 0.15) is 42.8 Å². The summed E-state index contributed by atoms with van der Waals surface area (Å²) < 4.78 is 9.18. The highest BCUT2D eigenvalue weighted by Gasteiger charge is 2.22. The van der Waals surface area contributed by atoms with Crippen LogP contribution in [0.5, 0.6) is 0 Å². The van der Waals surface area contributed by atoms with Crippen molar-refractivity contribution in [3.05, 3.63) is 29.1 Å². The van der Waals surface area contributed by atoms with Gasteiger partial charge in [-0.2, -0.15) is 10.2 Å². The molecule has 1 unspecified atom stereocenters. The molecule has 0 saturated carbocycles. The zero-order valence-electron chi connectivity index (χ0n) is 17.4. The molecule has 0 aromatic carbocycles. The maximum atomic E-state index is 5.14. The highest BCUT2D eigenvalue weighted by atomic mass is 16.5. The third kappa shape index (κ3) is 5.31. The third-order valence-corrected chi connectivity index (χ3v) is 4.76. The molecule has 0 saturated heterocycles. The number of hydrogen-bond acceptors (Lipinski definition) is 5. The van der Waals surface area contributed by atoms with Crippen molar-refractivity contribution >= 4 is 5.96 Å². The summed E-state index contributed by atoms with van der Waals surface area (Å²) in [6.45, 7) is 9.93. The van der Waals surface area contributed by atoms with Crippen molar-refractivity contribution < 1.29 is 4.74 Å². The van der Waals surface area contributed by atoms with Crippen LogP contribution in [-0.4, -0.2) is 56.7 Å². The molecule has 2 N–H and O–H groups in total. The Labute approximate surface area is 166 Å². The van der Waals surface area contributed by atoms with E-state index in [0.717, 1.165) is 68.7 Å². The number of fused-ring (bicyclic) bond motifs is 1. The van der Waals surface area contributed by atoms with Crippen LogP contribution in [0.2, 0.25) is 0 Å². The van der Waals surface area contributed by atoms with E-state index in [4.69, 9.17) is 9.73 Å². The highest BCUT2D eigenvalue weighted by Crippen LogP contribution is 2.13. The van der Waals surface area contributed by atoms with Crippen LogP contribution in [0.3, 0.4) is 0 Å². The Morgan fingerprint density at radius 3 is 2.93 bits per heavy atom. The predicted octanol–water partition coefficient (Wildman–Crippen LogP) is 1.20. The van der Waals surface area contributed by atoms with Gasteiger partial charge in [0.25, 0.3) is 0 Å². The van der Waals surface area contributed by atoms with Crippen LogP contribution >= 0.6 is 0 Å². The van der Waals surface area contributed by atoms with Gasteiger partial charge in [-0.25, -0.2) is 9.67 Å². The lowest BCUT2D eigenvalue weighted by Crippen LogP contribution is -2.47. The number of nitrogens with zero attached hydrogens (tertiary/aromatic N) is 6. The van der Waals surface area contributed by atoms with Crippen LogP contribution in [0.15, 0.2) is 11.1 Å². The van der Waals surface area contributed by atoms with E-state index in [1.54, 1.807) is 7.11 Å². The Hall–Kier alpha value is -2.42. The molecule has 154 valence electrons. The normalized spacial score (nSPS) is 16.9. The van der Waals surface area contributed by atoms with Gasteiger partial charge in [-0.15, -0.1) is 0 Å². The maximum absolute atomic E-state index is 5.14. The van der Waals surface area contributed by atoms with Gasteiger partial charge in [-0.1, -0.05) is 0 Å². The molecule has 0 radical (unpaired) electrons. The van der Waals surface area contributed by atoms with Crippen molar-refractivity contribution in [1.82, 2.24) is 35.2 Å². The lowest BCUT2D eigenvalue weighted by Gasteiger charge is -2.25. The number of aryl methyl sites for hydroxylation is 4. The van der Waals surface area contributed by atoms with Gasteiger partial charge in [0.1, 0.15) is 12.4 Å². The van der Waals surface area contributed by atoms with Gasteiger partial charge in [0.05, 0.1) is 12.2 Å². The summed E-state index contributed by atoms with van der Waals surface area (Å²) in [6, 6.07) is 2.40. The third-order valence-electron chi connectivity index (χ3n) is 4.76. The van der Waals surface area contributed by atoms with E-state index >= 15 is 0 Å². The molecular weight excluding hydrogens is 356 g/mol. The van der Waals surface area contributed by atoms with Crippen molar-refractivity contribution in [3.8, 4) is 0 Å². The fraction of sp³-hybridized carbons (Fsp3) is 0.684. The average Bonchev–Trinajstić information content (AvgIpc) is 3.20. The molecule has 0 aliphatic carbocycles. The summed E-state index contributed by atoms with van der Waals surface area (Å²) in [6.07, 6.45) is 2.88. The molecule has 1 aliphatic heterocycles. The molecule has 3 rings (SSSR count). The number of hydrogen-bond donors (Lipinski definition) is 2.